The summed E-state index contributed by atoms with van der Waals surface area (Å²) >= 11 is 11.5. The number of hydrogen-bond donors (Lipinski definition) is 1. The van der Waals surface area contributed by atoms with Gasteiger partial charge in [0.15, 0.2) is 11.5 Å². The lowest BCUT2D eigenvalue weighted by molar-refractivity contribution is -0.318. The number of methoxy groups -OCH3 is 1. The summed E-state index contributed by atoms with van der Waals surface area (Å²) < 4.78 is 60.2. The summed E-state index contributed by atoms with van der Waals surface area (Å²) in [5.74, 6) is -3.90. The smallest absolute Gasteiger partial charge is 0.492 e. The highest BCUT2D eigenvalue weighted by molar-refractivity contribution is 6.42. The van der Waals surface area contributed by atoms with Crippen molar-refractivity contribution in [3.8, 4) is 23.0 Å². The minimum absolute atomic E-state index is 0.0454. The molecule has 144 valence electrons. The molecule has 0 aromatic heterocycles. The van der Waals surface area contributed by atoms with Gasteiger partial charge in [-0.1, -0.05) is 29.3 Å². The maximum absolute atomic E-state index is 13.6. The van der Waals surface area contributed by atoms with Gasteiger partial charge >= 0.3 is 18.2 Å². The van der Waals surface area contributed by atoms with E-state index in [0.29, 0.717) is 5.75 Å². The fourth-order valence-corrected chi connectivity index (χ4v) is 2.48. The molecule has 6 nitrogen and oxygen atoms in total. The summed E-state index contributed by atoms with van der Waals surface area (Å²) in [5, 5.41) is 1.46. The topological polar surface area (TPSA) is 66.0 Å². The number of nitrogens with one attached hydrogen (secondary N) is 1. The predicted molar refractivity (Wildman–Crippen MR) is 88.7 cm³/mol. The van der Waals surface area contributed by atoms with Crippen molar-refractivity contribution in [1.82, 2.24) is 5.32 Å². The maximum Gasteiger partial charge on any atom is 0.492 e. The van der Waals surface area contributed by atoms with Crippen molar-refractivity contribution in [3.05, 3.63) is 46.4 Å². The van der Waals surface area contributed by atoms with E-state index in [2.05, 4.69) is 0 Å². The molecule has 0 atom stereocenters. The van der Waals surface area contributed by atoms with E-state index in [0.717, 1.165) is 12.1 Å². The molecule has 1 aliphatic heterocycles. The molecule has 0 saturated carbocycles. The van der Waals surface area contributed by atoms with Gasteiger partial charge in [0.25, 0.3) is 0 Å². The van der Waals surface area contributed by atoms with Gasteiger partial charge < -0.3 is 18.9 Å². The third-order valence-electron chi connectivity index (χ3n) is 3.39. The Labute approximate surface area is 160 Å². The molecule has 1 amide bonds. The zero-order chi connectivity index (χ0) is 19.8. The standard InChI is InChI=1S/C16H10Cl2F3NO5/c1-24-8-3-2-4-9(5-8)25-14(23)22-16(15(19,20)21)26-12-6-10(17)11(18)7-13(12)27-16/h2-7H,1H3,(H,22,23). The first-order valence-electron chi connectivity index (χ1n) is 7.21. The number of amides is 1. The molecule has 1 N–H and O–H groups in total. The molecule has 2 aromatic carbocycles. The highest BCUT2D eigenvalue weighted by atomic mass is 35.5. The highest BCUT2D eigenvalue weighted by Gasteiger charge is 2.66. The van der Waals surface area contributed by atoms with Crippen molar-refractivity contribution in [2.75, 3.05) is 7.11 Å². The molecule has 2 aromatic rings. The molecule has 0 radical (unpaired) electrons. The second kappa shape index (κ2) is 6.90. The van der Waals surface area contributed by atoms with Crippen molar-refractivity contribution < 1.29 is 36.9 Å². The highest BCUT2D eigenvalue weighted by Crippen LogP contribution is 2.48. The summed E-state index contributed by atoms with van der Waals surface area (Å²) in [6, 6.07) is 7.81. The van der Waals surface area contributed by atoms with E-state index in [-0.39, 0.29) is 27.3 Å². The lowest BCUT2D eigenvalue weighted by atomic mass is 10.3. The van der Waals surface area contributed by atoms with E-state index < -0.39 is 18.2 Å². The van der Waals surface area contributed by atoms with Crippen molar-refractivity contribution in [2.24, 2.45) is 0 Å². The van der Waals surface area contributed by atoms with E-state index in [1.54, 1.807) is 11.4 Å². The Bertz CT molecular complexity index is 860. The van der Waals surface area contributed by atoms with Gasteiger partial charge in [-0.15, -0.1) is 0 Å². The van der Waals surface area contributed by atoms with Gasteiger partial charge in [-0.25, -0.2) is 10.1 Å². The largest absolute Gasteiger partial charge is 0.497 e. The number of carbonyl (C=O) groups excluding carboxylic acids is 1. The Morgan fingerprint density at radius 3 is 2.15 bits per heavy atom. The second-order valence-corrected chi connectivity index (χ2v) is 6.04. The SMILES string of the molecule is COc1cccc(OC(=O)NC2(C(F)(F)F)Oc3cc(Cl)c(Cl)cc3O2)c1. The van der Waals surface area contributed by atoms with Crippen LogP contribution in [0.4, 0.5) is 18.0 Å². The lowest BCUT2D eigenvalue weighted by Gasteiger charge is -2.29. The average molecular weight is 424 g/mol. The molecule has 3 rings (SSSR count). The monoisotopic (exact) mass is 423 g/mol. The van der Waals surface area contributed by atoms with Crippen LogP contribution in [-0.4, -0.2) is 25.3 Å². The number of hydrogen-bond acceptors (Lipinski definition) is 5. The van der Waals surface area contributed by atoms with E-state index in [1.165, 1.54) is 25.3 Å². The third-order valence-corrected chi connectivity index (χ3v) is 4.11. The molecule has 1 aliphatic rings. The zero-order valence-electron chi connectivity index (χ0n) is 13.4. The van der Waals surface area contributed by atoms with Gasteiger partial charge in [-0.05, 0) is 12.1 Å². The number of carbonyl (C=O) groups is 1. The zero-order valence-corrected chi connectivity index (χ0v) is 14.9. The predicted octanol–water partition coefficient (Wildman–Crippen LogP) is 4.78. The Kier molecular flexibility index (Phi) is 4.92. The molecular formula is C16H10Cl2F3NO5. The van der Waals surface area contributed by atoms with E-state index >= 15 is 0 Å². The van der Waals surface area contributed by atoms with Crippen LogP contribution < -0.4 is 24.3 Å². The minimum atomic E-state index is -5.15. The molecule has 0 saturated heterocycles. The van der Waals surface area contributed by atoms with Gasteiger partial charge in [0.2, 0.25) is 0 Å². The lowest BCUT2D eigenvalue weighted by Crippen LogP contribution is -2.65. The van der Waals surface area contributed by atoms with E-state index in [9.17, 15) is 18.0 Å². The molecule has 0 spiro atoms. The van der Waals surface area contributed by atoms with Crippen molar-refractivity contribution >= 4 is 29.3 Å². The van der Waals surface area contributed by atoms with Crippen LogP contribution in [0.25, 0.3) is 0 Å². The molecule has 27 heavy (non-hydrogen) atoms. The van der Waals surface area contributed by atoms with Crippen molar-refractivity contribution in [3.63, 3.8) is 0 Å². The minimum Gasteiger partial charge on any atom is -0.497 e. The Morgan fingerprint density at radius 1 is 1.07 bits per heavy atom. The molecule has 0 unspecified atom stereocenters. The van der Waals surface area contributed by atoms with Crippen LogP contribution in [0.1, 0.15) is 0 Å². The van der Waals surface area contributed by atoms with E-state index in [1.807, 2.05) is 0 Å². The van der Waals surface area contributed by atoms with Crippen LogP contribution in [0.5, 0.6) is 23.0 Å². The number of benzene rings is 2. The summed E-state index contributed by atoms with van der Waals surface area (Å²) in [6.45, 7) is 0. The van der Waals surface area contributed by atoms with Gasteiger partial charge in [0, 0.05) is 18.2 Å². The number of alkyl halides is 3. The quantitative estimate of drug-likeness (QED) is 0.769. The van der Waals surface area contributed by atoms with Crippen LogP contribution in [0.15, 0.2) is 36.4 Å². The van der Waals surface area contributed by atoms with Crippen LogP contribution in [-0.2, 0) is 0 Å². The van der Waals surface area contributed by atoms with Crippen LogP contribution in [0.3, 0.4) is 0 Å². The van der Waals surface area contributed by atoms with E-state index in [4.69, 9.17) is 42.1 Å². The van der Waals surface area contributed by atoms with Crippen molar-refractivity contribution in [1.29, 1.82) is 0 Å². The van der Waals surface area contributed by atoms with Crippen LogP contribution in [0, 0.1) is 0 Å². The maximum atomic E-state index is 13.6. The first kappa shape index (κ1) is 19.2. The Morgan fingerprint density at radius 2 is 1.63 bits per heavy atom. The second-order valence-electron chi connectivity index (χ2n) is 5.23. The van der Waals surface area contributed by atoms with Crippen molar-refractivity contribution in [2.45, 2.75) is 12.1 Å². The molecule has 0 bridgehead atoms. The molecule has 1 heterocycles. The first-order valence-corrected chi connectivity index (χ1v) is 7.97. The summed E-state index contributed by atoms with van der Waals surface area (Å²) in [7, 11) is 1.38. The first-order chi connectivity index (χ1) is 12.6. The fourth-order valence-electron chi connectivity index (χ4n) is 2.17. The number of halogens is 5. The van der Waals surface area contributed by atoms with Crippen LogP contribution >= 0.6 is 23.2 Å². The van der Waals surface area contributed by atoms with Gasteiger partial charge in [0.05, 0.1) is 17.2 Å². The number of rotatable bonds is 3. The van der Waals surface area contributed by atoms with Crippen LogP contribution in [0.2, 0.25) is 10.0 Å². The number of ether oxygens (including phenoxy) is 4. The fraction of sp³-hybridized carbons (Fsp3) is 0.188. The summed E-state index contributed by atoms with van der Waals surface area (Å²) in [6.07, 6.45) is -6.62. The molecule has 11 heteroatoms. The Balaban J connectivity index is 1.83. The summed E-state index contributed by atoms with van der Waals surface area (Å²) in [5.41, 5.74) is 0. The molecule has 0 fully saturated rings. The average Bonchev–Trinajstić information content (AvgIpc) is 2.93. The van der Waals surface area contributed by atoms with Gasteiger partial charge in [-0.2, -0.15) is 13.2 Å². The van der Waals surface area contributed by atoms with Gasteiger partial charge in [0.1, 0.15) is 11.5 Å². The molecule has 0 aliphatic carbocycles. The summed E-state index contributed by atoms with van der Waals surface area (Å²) in [4.78, 5) is 12.0. The number of fused-ring (bicyclic) bond motifs is 1. The Hall–Kier alpha value is -2.52. The van der Waals surface area contributed by atoms with Gasteiger partial charge in [-0.3, -0.25) is 0 Å². The third kappa shape index (κ3) is 3.79. The normalized spacial score (nSPS) is 14.6. The molecular weight excluding hydrogens is 414 g/mol.